The first-order valence-corrected chi connectivity index (χ1v) is 7.95. The monoisotopic (exact) mass is 352 g/mol. The number of esters is 1. The second kappa shape index (κ2) is 7.10. The average Bonchev–Trinajstić information content (AvgIpc) is 3.00. The van der Waals surface area contributed by atoms with Crippen LogP contribution >= 0.6 is 0 Å². The lowest BCUT2D eigenvalue weighted by molar-refractivity contribution is -0.384. The standard InChI is InChI=1S/C19H16N2O5/c1-2-26-19(23)15-16(12-6-4-3-5-7-12)20-17(18(15)22)13-8-10-14(11-9-13)21(24)25/h3-11,20,22H,2H2,1H3. The molecule has 7 nitrogen and oxygen atoms in total. The van der Waals surface area contributed by atoms with Gasteiger partial charge in [0.05, 0.1) is 22.9 Å². The van der Waals surface area contributed by atoms with E-state index in [1.165, 1.54) is 24.3 Å². The van der Waals surface area contributed by atoms with Crippen LogP contribution in [0.5, 0.6) is 5.75 Å². The molecule has 1 aromatic heterocycles. The summed E-state index contributed by atoms with van der Waals surface area (Å²) in [5.41, 5.74) is 1.91. The highest BCUT2D eigenvalue weighted by Crippen LogP contribution is 2.39. The van der Waals surface area contributed by atoms with E-state index >= 15 is 0 Å². The normalized spacial score (nSPS) is 10.5. The van der Waals surface area contributed by atoms with Crippen LogP contribution in [0.2, 0.25) is 0 Å². The number of non-ortho nitro benzene ring substituents is 1. The summed E-state index contributed by atoms with van der Waals surface area (Å²) in [5.74, 6) is -0.899. The van der Waals surface area contributed by atoms with Crippen molar-refractivity contribution in [2.24, 2.45) is 0 Å². The van der Waals surface area contributed by atoms with E-state index in [4.69, 9.17) is 4.74 Å². The molecule has 0 saturated heterocycles. The summed E-state index contributed by atoms with van der Waals surface area (Å²) in [7, 11) is 0. The highest BCUT2D eigenvalue weighted by molar-refractivity contribution is 6.02. The number of benzene rings is 2. The van der Waals surface area contributed by atoms with E-state index in [9.17, 15) is 20.0 Å². The maximum atomic E-state index is 12.4. The molecule has 3 rings (SSSR count). The fourth-order valence-corrected chi connectivity index (χ4v) is 2.67. The van der Waals surface area contributed by atoms with Gasteiger partial charge in [-0.05, 0) is 24.6 Å². The summed E-state index contributed by atoms with van der Waals surface area (Å²) >= 11 is 0. The quantitative estimate of drug-likeness (QED) is 0.408. The molecule has 0 bridgehead atoms. The Hall–Kier alpha value is -3.61. The van der Waals surface area contributed by atoms with Crippen LogP contribution in [0.25, 0.3) is 22.5 Å². The molecular formula is C19H16N2O5. The van der Waals surface area contributed by atoms with Crippen molar-refractivity contribution >= 4 is 11.7 Å². The average molecular weight is 352 g/mol. The lowest BCUT2D eigenvalue weighted by Crippen LogP contribution is -2.05. The van der Waals surface area contributed by atoms with Crippen molar-refractivity contribution in [1.82, 2.24) is 4.98 Å². The number of H-pyrrole nitrogens is 1. The molecule has 0 aliphatic heterocycles. The Bertz CT molecular complexity index is 946. The second-order valence-electron chi connectivity index (χ2n) is 5.49. The Kier molecular flexibility index (Phi) is 4.70. The molecule has 2 N–H and O–H groups in total. The molecule has 0 atom stereocenters. The number of nitro groups is 1. The Balaban J connectivity index is 2.15. The largest absolute Gasteiger partial charge is 0.505 e. The third kappa shape index (κ3) is 3.14. The molecule has 3 aromatic rings. The summed E-state index contributed by atoms with van der Waals surface area (Å²) < 4.78 is 5.06. The molecule has 2 aromatic carbocycles. The zero-order valence-corrected chi connectivity index (χ0v) is 13.9. The summed E-state index contributed by atoms with van der Waals surface area (Å²) in [6.45, 7) is 1.85. The van der Waals surface area contributed by atoms with Gasteiger partial charge in [0.1, 0.15) is 5.56 Å². The Morgan fingerprint density at radius 3 is 2.27 bits per heavy atom. The van der Waals surface area contributed by atoms with Gasteiger partial charge in [0, 0.05) is 17.7 Å². The van der Waals surface area contributed by atoms with E-state index in [1.54, 1.807) is 19.1 Å². The number of rotatable bonds is 5. The number of aromatic hydroxyl groups is 1. The SMILES string of the molecule is CCOC(=O)c1c(-c2ccccc2)[nH]c(-c2ccc([N+](=O)[O-])cc2)c1O. The smallest absolute Gasteiger partial charge is 0.344 e. The fraction of sp³-hybridized carbons (Fsp3) is 0.105. The first kappa shape index (κ1) is 17.2. The minimum Gasteiger partial charge on any atom is -0.505 e. The van der Waals surface area contributed by atoms with E-state index in [1.807, 2.05) is 18.2 Å². The molecule has 0 aliphatic carbocycles. The zero-order chi connectivity index (χ0) is 18.7. The minimum atomic E-state index is -0.645. The number of aromatic amines is 1. The van der Waals surface area contributed by atoms with Gasteiger partial charge in [0.2, 0.25) is 0 Å². The van der Waals surface area contributed by atoms with Gasteiger partial charge in [-0.25, -0.2) is 4.79 Å². The Morgan fingerprint density at radius 2 is 1.69 bits per heavy atom. The van der Waals surface area contributed by atoms with Crippen molar-refractivity contribution in [3.8, 4) is 28.3 Å². The second-order valence-corrected chi connectivity index (χ2v) is 5.49. The number of carbonyl (C=O) groups excluding carboxylic acids is 1. The molecule has 0 aliphatic rings. The van der Waals surface area contributed by atoms with Crippen LogP contribution in [-0.4, -0.2) is 27.6 Å². The number of aromatic nitrogens is 1. The molecule has 0 fully saturated rings. The van der Waals surface area contributed by atoms with E-state index in [2.05, 4.69) is 4.98 Å². The van der Waals surface area contributed by atoms with Crippen molar-refractivity contribution in [3.05, 3.63) is 70.3 Å². The van der Waals surface area contributed by atoms with Crippen molar-refractivity contribution in [2.45, 2.75) is 6.92 Å². The molecule has 132 valence electrons. The topological polar surface area (TPSA) is 105 Å². The number of ether oxygens (including phenoxy) is 1. The summed E-state index contributed by atoms with van der Waals surface area (Å²) in [6.07, 6.45) is 0. The van der Waals surface area contributed by atoms with Crippen LogP contribution in [0.4, 0.5) is 5.69 Å². The van der Waals surface area contributed by atoms with Gasteiger partial charge < -0.3 is 14.8 Å². The molecule has 0 unspecified atom stereocenters. The molecule has 0 saturated carbocycles. The lowest BCUT2D eigenvalue weighted by atomic mass is 10.1. The molecule has 0 amide bonds. The third-order valence-corrected chi connectivity index (χ3v) is 3.88. The van der Waals surface area contributed by atoms with Crippen molar-refractivity contribution < 1.29 is 19.6 Å². The number of nitro benzene ring substituents is 1. The van der Waals surface area contributed by atoms with Crippen molar-refractivity contribution in [3.63, 3.8) is 0 Å². The van der Waals surface area contributed by atoms with Gasteiger partial charge in [0.15, 0.2) is 5.75 Å². The maximum Gasteiger partial charge on any atom is 0.344 e. The summed E-state index contributed by atoms with van der Waals surface area (Å²) in [4.78, 5) is 25.7. The zero-order valence-electron chi connectivity index (χ0n) is 13.9. The summed E-state index contributed by atoms with van der Waals surface area (Å²) in [5, 5.41) is 21.4. The Morgan fingerprint density at radius 1 is 1.08 bits per heavy atom. The first-order chi connectivity index (χ1) is 12.5. The molecular weight excluding hydrogens is 336 g/mol. The van der Waals surface area contributed by atoms with Crippen LogP contribution in [-0.2, 0) is 4.74 Å². The highest BCUT2D eigenvalue weighted by atomic mass is 16.6. The Labute approximate surface area is 149 Å². The van der Waals surface area contributed by atoms with Gasteiger partial charge in [-0.1, -0.05) is 30.3 Å². The van der Waals surface area contributed by atoms with Crippen molar-refractivity contribution in [1.29, 1.82) is 0 Å². The molecule has 26 heavy (non-hydrogen) atoms. The van der Waals surface area contributed by atoms with Gasteiger partial charge in [0.25, 0.3) is 5.69 Å². The number of carbonyl (C=O) groups is 1. The first-order valence-electron chi connectivity index (χ1n) is 7.95. The van der Waals surface area contributed by atoms with Gasteiger partial charge >= 0.3 is 5.97 Å². The number of nitrogens with zero attached hydrogens (tertiary/aromatic N) is 1. The molecule has 0 spiro atoms. The van der Waals surface area contributed by atoms with E-state index in [0.717, 1.165) is 0 Å². The van der Waals surface area contributed by atoms with Crippen LogP contribution in [0.1, 0.15) is 17.3 Å². The predicted molar refractivity (Wildman–Crippen MR) is 95.9 cm³/mol. The lowest BCUT2D eigenvalue weighted by Gasteiger charge is -2.04. The van der Waals surface area contributed by atoms with Crippen LogP contribution in [0.3, 0.4) is 0 Å². The molecule has 7 heteroatoms. The van der Waals surface area contributed by atoms with E-state index in [0.29, 0.717) is 22.5 Å². The highest BCUT2D eigenvalue weighted by Gasteiger charge is 2.26. The maximum absolute atomic E-state index is 12.4. The summed E-state index contributed by atoms with van der Waals surface area (Å²) in [6, 6.07) is 14.8. The van der Waals surface area contributed by atoms with Crippen molar-refractivity contribution in [2.75, 3.05) is 6.61 Å². The van der Waals surface area contributed by atoms with E-state index < -0.39 is 10.9 Å². The third-order valence-electron chi connectivity index (χ3n) is 3.88. The van der Waals surface area contributed by atoms with Crippen LogP contribution in [0.15, 0.2) is 54.6 Å². The van der Waals surface area contributed by atoms with Gasteiger partial charge in [-0.3, -0.25) is 10.1 Å². The van der Waals surface area contributed by atoms with E-state index in [-0.39, 0.29) is 23.6 Å². The van der Waals surface area contributed by atoms with Gasteiger partial charge in [-0.2, -0.15) is 0 Å². The predicted octanol–water partition coefficient (Wildman–Crippen LogP) is 4.14. The fourth-order valence-electron chi connectivity index (χ4n) is 2.67. The number of hydrogen-bond donors (Lipinski definition) is 2. The van der Waals surface area contributed by atoms with Gasteiger partial charge in [-0.15, -0.1) is 0 Å². The minimum absolute atomic E-state index is 0.0337. The van der Waals surface area contributed by atoms with Crippen LogP contribution in [0, 0.1) is 10.1 Å². The molecule has 1 heterocycles. The molecule has 0 radical (unpaired) electrons. The number of hydrogen-bond acceptors (Lipinski definition) is 5. The number of nitrogens with one attached hydrogen (secondary N) is 1. The van der Waals surface area contributed by atoms with Crippen LogP contribution < -0.4 is 0 Å².